The molecule has 2 amide bonds. The van der Waals surface area contributed by atoms with Crippen LogP contribution in [0.5, 0.6) is 0 Å². The summed E-state index contributed by atoms with van der Waals surface area (Å²) < 4.78 is 0. The Morgan fingerprint density at radius 1 is 1.13 bits per heavy atom. The fourth-order valence-electron chi connectivity index (χ4n) is 0.740. The highest BCUT2D eigenvalue weighted by Crippen LogP contribution is 1.96. The zero-order valence-electron chi connectivity index (χ0n) is 10.2. The number of likely N-dealkylation sites (N-methyl/N-ethyl adjacent to an activating group) is 1. The van der Waals surface area contributed by atoms with Gasteiger partial charge in [-0.25, -0.2) is 0 Å². The summed E-state index contributed by atoms with van der Waals surface area (Å²) in [7, 11) is 3.31. The van der Waals surface area contributed by atoms with Gasteiger partial charge in [0.05, 0.1) is 13.1 Å². The van der Waals surface area contributed by atoms with Crippen LogP contribution in [0.3, 0.4) is 0 Å². The summed E-state index contributed by atoms with van der Waals surface area (Å²) in [5, 5.41) is 5.58. The Labute approximate surface area is 91.2 Å². The molecular formula is C10H21N3O2. The maximum absolute atomic E-state index is 11.3. The Hall–Kier alpha value is -1.10. The lowest BCUT2D eigenvalue weighted by molar-refractivity contribution is -0.130. The molecule has 0 unspecified atom stereocenters. The molecular weight excluding hydrogens is 194 g/mol. The summed E-state index contributed by atoms with van der Waals surface area (Å²) in [5.41, 5.74) is -0.0943. The van der Waals surface area contributed by atoms with E-state index in [4.69, 9.17) is 0 Å². The molecule has 0 aromatic rings. The number of amides is 2. The molecule has 0 aromatic carbocycles. The molecule has 0 atom stereocenters. The fraction of sp³-hybridized carbons (Fsp3) is 0.800. The third kappa shape index (κ3) is 7.93. The Morgan fingerprint density at radius 3 is 2.07 bits per heavy atom. The molecule has 5 nitrogen and oxygen atoms in total. The number of carbonyl (C=O) groups is 2. The standard InChI is InChI=1S/C10H21N3O2/c1-10(2,3)12-6-8(14)11-7-9(15)13(4)5/h12H,6-7H2,1-5H3,(H,11,14). The second-order valence-corrected chi connectivity index (χ2v) is 4.67. The highest BCUT2D eigenvalue weighted by atomic mass is 16.2. The Kier molecular flexibility index (Phi) is 5.28. The van der Waals surface area contributed by atoms with Crippen LogP contribution in [0.2, 0.25) is 0 Å². The van der Waals surface area contributed by atoms with Gasteiger partial charge in [-0.15, -0.1) is 0 Å². The molecule has 0 radical (unpaired) electrons. The molecule has 2 N–H and O–H groups in total. The van der Waals surface area contributed by atoms with Gasteiger partial charge < -0.3 is 15.5 Å². The predicted octanol–water partition coefficient (Wildman–Crippen LogP) is -0.421. The first kappa shape index (κ1) is 13.9. The van der Waals surface area contributed by atoms with Crippen LogP contribution < -0.4 is 10.6 Å². The average Bonchev–Trinajstić information content (AvgIpc) is 2.09. The number of hydrogen-bond acceptors (Lipinski definition) is 3. The van der Waals surface area contributed by atoms with E-state index in [-0.39, 0.29) is 30.4 Å². The molecule has 0 bridgehead atoms. The van der Waals surface area contributed by atoms with E-state index >= 15 is 0 Å². The summed E-state index contributed by atoms with van der Waals surface area (Å²) >= 11 is 0. The quantitative estimate of drug-likeness (QED) is 0.669. The van der Waals surface area contributed by atoms with Crippen LogP contribution in [0.4, 0.5) is 0 Å². The number of nitrogens with zero attached hydrogens (tertiary/aromatic N) is 1. The summed E-state index contributed by atoms with van der Waals surface area (Å²) in [4.78, 5) is 23.9. The van der Waals surface area contributed by atoms with Gasteiger partial charge in [-0.3, -0.25) is 9.59 Å². The fourth-order valence-corrected chi connectivity index (χ4v) is 0.740. The van der Waals surface area contributed by atoms with E-state index in [1.165, 1.54) is 4.90 Å². The lowest BCUT2D eigenvalue weighted by atomic mass is 10.1. The van der Waals surface area contributed by atoms with Crippen LogP contribution in [-0.4, -0.2) is 49.4 Å². The van der Waals surface area contributed by atoms with Crippen molar-refractivity contribution in [3.05, 3.63) is 0 Å². The van der Waals surface area contributed by atoms with E-state index in [1.54, 1.807) is 14.1 Å². The first-order chi connectivity index (χ1) is 6.72. The number of rotatable bonds is 4. The predicted molar refractivity (Wildman–Crippen MR) is 59.5 cm³/mol. The molecule has 0 aliphatic heterocycles. The largest absolute Gasteiger partial charge is 0.347 e. The molecule has 0 saturated carbocycles. The second-order valence-electron chi connectivity index (χ2n) is 4.67. The normalized spacial score (nSPS) is 11.0. The van der Waals surface area contributed by atoms with Gasteiger partial charge in [-0.05, 0) is 20.8 Å². The molecule has 5 heteroatoms. The maximum atomic E-state index is 11.3. The van der Waals surface area contributed by atoms with Crippen LogP contribution >= 0.6 is 0 Å². The number of carbonyl (C=O) groups excluding carboxylic acids is 2. The first-order valence-corrected chi connectivity index (χ1v) is 4.94. The number of nitrogens with one attached hydrogen (secondary N) is 2. The smallest absolute Gasteiger partial charge is 0.241 e. The van der Waals surface area contributed by atoms with Gasteiger partial charge in [0.1, 0.15) is 0 Å². The molecule has 0 spiro atoms. The van der Waals surface area contributed by atoms with Crippen molar-refractivity contribution in [3.63, 3.8) is 0 Å². The molecule has 0 aromatic heterocycles. The monoisotopic (exact) mass is 215 g/mol. The minimum atomic E-state index is -0.167. The van der Waals surface area contributed by atoms with Gasteiger partial charge in [0.25, 0.3) is 0 Å². The highest BCUT2D eigenvalue weighted by molar-refractivity contribution is 5.85. The SMILES string of the molecule is CN(C)C(=O)CNC(=O)CNC(C)(C)C. The van der Waals surface area contributed by atoms with Gasteiger partial charge in [0, 0.05) is 19.6 Å². The van der Waals surface area contributed by atoms with Crippen LogP contribution in [0.25, 0.3) is 0 Å². The summed E-state index contributed by atoms with van der Waals surface area (Å²) in [6, 6.07) is 0. The molecule has 0 aliphatic carbocycles. The summed E-state index contributed by atoms with van der Waals surface area (Å²) in [6.07, 6.45) is 0. The van der Waals surface area contributed by atoms with Crippen LogP contribution in [0, 0.1) is 0 Å². The minimum absolute atomic E-state index is 0.0532. The highest BCUT2D eigenvalue weighted by Gasteiger charge is 2.12. The van der Waals surface area contributed by atoms with Crippen LogP contribution in [-0.2, 0) is 9.59 Å². The van der Waals surface area contributed by atoms with Crippen molar-refractivity contribution in [3.8, 4) is 0 Å². The molecule has 0 saturated heterocycles. The second kappa shape index (κ2) is 5.70. The molecule has 0 aliphatic rings. The lowest BCUT2D eigenvalue weighted by Gasteiger charge is -2.20. The van der Waals surface area contributed by atoms with Crippen molar-refractivity contribution in [2.24, 2.45) is 0 Å². The van der Waals surface area contributed by atoms with Gasteiger partial charge in [-0.1, -0.05) is 0 Å². The number of hydrogen-bond donors (Lipinski definition) is 2. The Morgan fingerprint density at radius 2 is 1.67 bits per heavy atom. The summed E-state index contributed by atoms with van der Waals surface area (Å²) in [5.74, 6) is -0.278. The first-order valence-electron chi connectivity index (χ1n) is 4.94. The van der Waals surface area contributed by atoms with Gasteiger partial charge in [0.2, 0.25) is 11.8 Å². The van der Waals surface area contributed by atoms with Crippen molar-refractivity contribution in [2.75, 3.05) is 27.2 Å². The third-order valence-electron chi connectivity index (χ3n) is 1.71. The van der Waals surface area contributed by atoms with Crippen LogP contribution in [0.1, 0.15) is 20.8 Å². The van der Waals surface area contributed by atoms with Gasteiger partial charge in [-0.2, -0.15) is 0 Å². The van der Waals surface area contributed by atoms with E-state index in [0.717, 1.165) is 0 Å². The molecule has 0 fully saturated rings. The lowest BCUT2D eigenvalue weighted by Crippen LogP contribution is -2.45. The molecule has 88 valence electrons. The van der Waals surface area contributed by atoms with E-state index < -0.39 is 0 Å². The topological polar surface area (TPSA) is 61.4 Å². The Bertz CT molecular complexity index is 231. The zero-order chi connectivity index (χ0) is 12.1. The Balaban J connectivity index is 3.72. The molecule has 0 rings (SSSR count). The van der Waals surface area contributed by atoms with Crippen LogP contribution in [0.15, 0.2) is 0 Å². The van der Waals surface area contributed by atoms with Gasteiger partial charge in [0.15, 0.2) is 0 Å². The summed E-state index contributed by atoms with van der Waals surface area (Å²) in [6.45, 7) is 6.21. The van der Waals surface area contributed by atoms with Crippen molar-refractivity contribution in [1.82, 2.24) is 15.5 Å². The molecule has 0 heterocycles. The maximum Gasteiger partial charge on any atom is 0.241 e. The van der Waals surface area contributed by atoms with Crippen molar-refractivity contribution in [1.29, 1.82) is 0 Å². The van der Waals surface area contributed by atoms with E-state index in [1.807, 2.05) is 20.8 Å². The van der Waals surface area contributed by atoms with E-state index in [2.05, 4.69) is 10.6 Å². The van der Waals surface area contributed by atoms with Crippen molar-refractivity contribution < 1.29 is 9.59 Å². The molecule has 15 heavy (non-hydrogen) atoms. The minimum Gasteiger partial charge on any atom is -0.347 e. The van der Waals surface area contributed by atoms with Crippen molar-refractivity contribution in [2.45, 2.75) is 26.3 Å². The average molecular weight is 215 g/mol. The van der Waals surface area contributed by atoms with Crippen molar-refractivity contribution >= 4 is 11.8 Å². The van der Waals surface area contributed by atoms with E-state index in [0.29, 0.717) is 0 Å². The zero-order valence-corrected chi connectivity index (χ0v) is 10.2. The van der Waals surface area contributed by atoms with Gasteiger partial charge >= 0.3 is 0 Å². The van der Waals surface area contributed by atoms with E-state index in [9.17, 15) is 9.59 Å². The third-order valence-corrected chi connectivity index (χ3v) is 1.71.